The molecule has 1 amide bonds. The van der Waals surface area contributed by atoms with Crippen LogP contribution in [0, 0.1) is 0 Å². The van der Waals surface area contributed by atoms with Crippen molar-refractivity contribution in [3.8, 4) is 17.2 Å². The van der Waals surface area contributed by atoms with E-state index in [1.807, 2.05) is 66.7 Å². The Morgan fingerprint density at radius 2 is 1.62 bits per heavy atom. The average molecular weight is 389 g/mol. The Hall–Kier alpha value is -3.47. The Balaban J connectivity index is 1.58. The maximum absolute atomic E-state index is 12.3. The predicted octanol–water partition coefficient (Wildman–Crippen LogP) is 4.76. The number of carbonyl (C=O) groups is 1. The van der Waals surface area contributed by atoms with Gasteiger partial charge in [0.2, 0.25) is 5.91 Å². The standard InChI is InChI=1S/C24H23NO4/c1-27-22-12-20-19(13-24(26)25-21(20)14-23(22)28-2)17-8-10-18(11-9-17)29-15-16-6-4-3-5-7-16/h3-12,14,19H,13,15H2,1-2H3,(H,25,26)/t19-/m0/s1. The molecule has 0 saturated heterocycles. The zero-order chi connectivity index (χ0) is 20.2. The third-order valence-electron chi connectivity index (χ3n) is 5.13. The highest BCUT2D eigenvalue weighted by atomic mass is 16.5. The Morgan fingerprint density at radius 1 is 0.931 bits per heavy atom. The summed E-state index contributed by atoms with van der Waals surface area (Å²) in [6.07, 6.45) is 0.382. The van der Waals surface area contributed by atoms with Gasteiger partial charge in [0, 0.05) is 24.1 Å². The summed E-state index contributed by atoms with van der Waals surface area (Å²) < 4.78 is 16.7. The van der Waals surface area contributed by atoms with E-state index in [-0.39, 0.29) is 11.8 Å². The fourth-order valence-corrected chi connectivity index (χ4v) is 3.62. The summed E-state index contributed by atoms with van der Waals surface area (Å²) in [5.74, 6) is 1.97. The van der Waals surface area contributed by atoms with E-state index in [1.165, 1.54) is 0 Å². The molecule has 148 valence electrons. The number of ether oxygens (including phenoxy) is 3. The fourth-order valence-electron chi connectivity index (χ4n) is 3.62. The number of benzene rings is 3. The number of amides is 1. The highest BCUT2D eigenvalue weighted by Gasteiger charge is 2.28. The highest BCUT2D eigenvalue weighted by molar-refractivity contribution is 5.96. The van der Waals surface area contributed by atoms with Crippen LogP contribution in [0.15, 0.2) is 66.7 Å². The van der Waals surface area contributed by atoms with E-state index in [9.17, 15) is 4.79 Å². The van der Waals surface area contributed by atoms with E-state index >= 15 is 0 Å². The van der Waals surface area contributed by atoms with Crippen molar-refractivity contribution in [1.82, 2.24) is 0 Å². The molecule has 0 unspecified atom stereocenters. The Morgan fingerprint density at radius 3 is 2.31 bits per heavy atom. The number of anilines is 1. The number of hydrogen-bond donors (Lipinski definition) is 1. The van der Waals surface area contributed by atoms with Gasteiger partial charge in [-0.05, 0) is 34.9 Å². The van der Waals surface area contributed by atoms with E-state index in [1.54, 1.807) is 14.2 Å². The highest BCUT2D eigenvalue weighted by Crippen LogP contribution is 2.43. The molecular weight excluding hydrogens is 366 g/mol. The SMILES string of the molecule is COc1cc2c(cc1OC)[C@H](c1ccc(OCc3ccccc3)cc1)CC(=O)N2. The number of fused-ring (bicyclic) bond motifs is 1. The first-order chi connectivity index (χ1) is 14.2. The van der Waals surface area contributed by atoms with Crippen molar-refractivity contribution in [3.05, 3.63) is 83.4 Å². The van der Waals surface area contributed by atoms with Gasteiger partial charge < -0.3 is 19.5 Å². The zero-order valence-corrected chi connectivity index (χ0v) is 16.5. The molecule has 1 aliphatic rings. The van der Waals surface area contributed by atoms with E-state index in [4.69, 9.17) is 14.2 Å². The minimum absolute atomic E-state index is 0.0147. The van der Waals surface area contributed by atoms with Gasteiger partial charge >= 0.3 is 0 Å². The molecule has 0 radical (unpaired) electrons. The van der Waals surface area contributed by atoms with Gasteiger partial charge in [0.1, 0.15) is 12.4 Å². The van der Waals surface area contributed by atoms with Gasteiger partial charge in [0.25, 0.3) is 0 Å². The van der Waals surface area contributed by atoms with Crippen molar-refractivity contribution in [2.45, 2.75) is 18.9 Å². The zero-order valence-electron chi connectivity index (χ0n) is 16.5. The maximum atomic E-state index is 12.3. The summed E-state index contributed by atoms with van der Waals surface area (Å²) in [7, 11) is 3.19. The van der Waals surface area contributed by atoms with Crippen LogP contribution in [-0.4, -0.2) is 20.1 Å². The van der Waals surface area contributed by atoms with Gasteiger partial charge in [-0.15, -0.1) is 0 Å². The van der Waals surface area contributed by atoms with E-state index < -0.39 is 0 Å². The Kier molecular flexibility index (Phi) is 5.38. The number of hydrogen-bond acceptors (Lipinski definition) is 4. The van der Waals surface area contributed by atoms with Crippen LogP contribution in [0.5, 0.6) is 17.2 Å². The molecule has 4 rings (SSSR count). The largest absolute Gasteiger partial charge is 0.493 e. The van der Waals surface area contributed by atoms with Crippen LogP contribution in [0.4, 0.5) is 5.69 Å². The monoisotopic (exact) mass is 389 g/mol. The minimum atomic E-state index is -0.0540. The molecule has 1 atom stereocenters. The smallest absolute Gasteiger partial charge is 0.225 e. The molecule has 1 aliphatic heterocycles. The summed E-state index contributed by atoms with van der Waals surface area (Å²) in [5, 5.41) is 2.94. The van der Waals surface area contributed by atoms with Crippen molar-refractivity contribution < 1.29 is 19.0 Å². The van der Waals surface area contributed by atoms with Gasteiger partial charge in [-0.2, -0.15) is 0 Å². The second-order valence-electron chi connectivity index (χ2n) is 6.94. The molecule has 29 heavy (non-hydrogen) atoms. The molecule has 5 nitrogen and oxygen atoms in total. The average Bonchev–Trinajstić information content (AvgIpc) is 2.77. The van der Waals surface area contributed by atoms with Gasteiger partial charge in [-0.3, -0.25) is 4.79 Å². The minimum Gasteiger partial charge on any atom is -0.493 e. The second kappa shape index (κ2) is 8.27. The molecule has 3 aromatic carbocycles. The summed E-state index contributed by atoms with van der Waals surface area (Å²) in [4.78, 5) is 12.3. The van der Waals surface area contributed by atoms with Crippen molar-refractivity contribution >= 4 is 11.6 Å². The van der Waals surface area contributed by atoms with Gasteiger partial charge in [-0.25, -0.2) is 0 Å². The quantitative estimate of drug-likeness (QED) is 0.661. The molecule has 1 heterocycles. The molecular formula is C24H23NO4. The van der Waals surface area contributed by atoms with E-state index in [0.29, 0.717) is 24.5 Å². The van der Waals surface area contributed by atoms with Crippen molar-refractivity contribution in [3.63, 3.8) is 0 Å². The van der Waals surface area contributed by atoms with Crippen molar-refractivity contribution in [2.24, 2.45) is 0 Å². The number of methoxy groups -OCH3 is 2. The first-order valence-corrected chi connectivity index (χ1v) is 9.50. The summed E-state index contributed by atoms with van der Waals surface area (Å²) >= 11 is 0. The third kappa shape index (κ3) is 4.04. The lowest BCUT2D eigenvalue weighted by Gasteiger charge is -2.27. The summed E-state index contributed by atoms with van der Waals surface area (Å²) in [6, 6.07) is 21.7. The second-order valence-corrected chi connectivity index (χ2v) is 6.94. The third-order valence-corrected chi connectivity index (χ3v) is 5.13. The van der Waals surface area contributed by atoms with Crippen LogP contribution >= 0.6 is 0 Å². The number of nitrogens with one attached hydrogen (secondary N) is 1. The van der Waals surface area contributed by atoms with Crippen molar-refractivity contribution in [2.75, 3.05) is 19.5 Å². The Bertz CT molecular complexity index is 999. The van der Waals surface area contributed by atoms with Gasteiger partial charge in [-0.1, -0.05) is 42.5 Å². The van der Waals surface area contributed by atoms with Crippen LogP contribution in [0.3, 0.4) is 0 Å². The van der Waals surface area contributed by atoms with Crippen LogP contribution < -0.4 is 19.5 Å². The van der Waals surface area contributed by atoms with Crippen LogP contribution in [0.2, 0.25) is 0 Å². The van der Waals surface area contributed by atoms with Crippen LogP contribution in [0.25, 0.3) is 0 Å². The fraction of sp³-hybridized carbons (Fsp3) is 0.208. The number of carbonyl (C=O) groups excluding carboxylic acids is 1. The predicted molar refractivity (Wildman–Crippen MR) is 112 cm³/mol. The van der Waals surface area contributed by atoms with Crippen LogP contribution in [-0.2, 0) is 11.4 Å². The van der Waals surface area contributed by atoms with E-state index in [2.05, 4.69) is 5.32 Å². The molecule has 1 N–H and O–H groups in total. The lowest BCUT2D eigenvalue weighted by molar-refractivity contribution is -0.116. The first-order valence-electron chi connectivity index (χ1n) is 9.50. The molecule has 0 bridgehead atoms. The van der Waals surface area contributed by atoms with Crippen LogP contribution in [0.1, 0.15) is 29.0 Å². The summed E-state index contributed by atoms with van der Waals surface area (Å²) in [6.45, 7) is 0.520. The number of rotatable bonds is 6. The molecule has 0 saturated carbocycles. The molecule has 0 aliphatic carbocycles. The van der Waals surface area contributed by atoms with Gasteiger partial charge in [0.15, 0.2) is 11.5 Å². The Labute approximate surface area is 170 Å². The first kappa shape index (κ1) is 18.9. The topological polar surface area (TPSA) is 56.8 Å². The summed E-state index contributed by atoms with van der Waals surface area (Å²) in [5.41, 5.74) is 3.95. The molecule has 3 aromatic rings. The maximum Gasteiger partial charge on any atom is 0.225 e. The molecule has 5 heteroatoms. The lowest BCUT2D eigenvalue weighted by atomic mass is 9.84. The molecule has 0 aromatic heterocycles. The molecule has 0 spiro atoms. The lowest BCUT2D eigenvalue weighted by Crippen LogP contribution is -2.23. The molecule has 0 fully saturated rings. The normalized spacial score (nSPS) is 15.2. The van der Waals surface area contributed by atoms with Gasteiger partial charge in [0.05, 0.1) is 14.2 Å². The van der Waals surface area contributed by atoms with E-state index in [0.717, 1.165) is 28.1 Å². The van der Waals surface area contributed by atoms with Crippen molar-refractivity contribution in [1.29, 1.82) is 0 Å².